The molecule has 21 heavy (non-hydrogen) atoms. The van der Waals surface area contributed by atoms with Crippen molar-refractivity contribution < 1.29 is 5.21 Å². The second-order valence-corrected chi connectivity index (χ2v) is 5.31. The summed E-state index contributed by atoms with van der Waals surface area (Å²) in [7, 11) is 0. The third kappa shape index (κ3) is 3.07. The molecule has 110 valence electrons. The van der Waals surface area contributed by atoms with Gasteiger partial charge in [0, 0.05) is 43.3 Å². The van der Waals surface area contributed by atoms with Crippen LogP contribution in [0, 0.1) is 0 Å². The molecule has 3 rings (SSSR count). The molecule has 0 bridgehead atoms. The molecule has 1 aliphatic rings. The van der Waals surface area contributed by atoms with E-state index in [9.17, 15) is 5.21 Å². The average molecular weight is 284 g/mol. The molecule has 1 aliphatic heterocycles. The van der Waals surface area contributed by atoms with Crippen molar-refractivity contribution in [1.82, 2.24) is 9.55 Å². The lowest BCUT2D eigenvalue weighted by Gasteiger charge is -2.24. The summed E-state index contributed by atoms with van der Waals surface area (Å²) in [6.45, 7) is 2.97. The molecule has 5 heteroatoms. The van der Waals surface area contributed by atoms with Gasteiger partial charge in [-0.1, -0.05) is 23.4 Å². The van der Waals surface area contributed by atoms with Crippen molar-refractivity contribution in [3.05, 3.63) is 48.5 Å². The van der Waals surface area contributed by atoms with Gasteiger partial charge < -0.3 is 14.7 Å². The first kappa shape index (κ1) is 13.7. The molecule has 0 radical (unpaired) electrons. The highest BCUT2D eigenvalue weighted by Gasteiger charge is 2.19. The zero-order chi connectivity index (χ0) is 14.5. The van der Waals surface area contributed by atoms with Gasteiger partial charge in [0.2, 0.25) is 0 Å². The highest BCUT2D eigenvalue weighted by atomic mass is 16.4. The molecule has 1 aromatic carbocycles. The van der Waals surface area contributed by atoms with Crippen LogP contribution in [-0.2, 0) is 6.54 Å². The topological polar surface area (TPSA) is 53.7 Å². The Morgan fingerprint density at radius 2 is 2.14 bits per heavy atom. The minimum atomic E-state index is 0.794. The molecule has 0 saturated heterocycles. The van der Waals surface area contributed by atoms with E-state index in [0.29, 0.717) is 0 Å². The Morgan fingerprint density at radius 3 is 2.95 bits per heavy atom. The van der Waals surface area contributed by atoms with E-state index in [4.69, 9.17) is 0 Å². The highest BCUT2D eigenvalue weighted by Crippen LogP contribution is 2.26. The lowest BCUT2D eigenvalue weighted by atomic mass is 10.1. The number of hydrogen-bond donors (Lipinski definition) is 1. The third-order valence-electron chi connectivity index (χ3n) is 3.92. The van der Waals surface area contributed by atoms with Crippen LogP contribution in [0.25, 0.3) is 0 Å². The second-order valence-electron chi connectivity index (χ2n) is 5.31. The van der Waals surface area contributed by atoms with E-state index in [1.165, 1.54) is 5.69 Å². The Hall–Kier alpha value is -2.30. The number of aryl methyl sites for hydroxylation is 1. The predicted octanol–water partition coefficient (Wildman–Crippen LogP) is 2.75. The Morgan fingerprint density at radius 1 is 1.24 bits per heavy atom. The maximum absolute atomic E-state index is 9.21. The number of nitrogens with zero attached hydrogens (tertiary/aromatic N) is 4. The van der Waals surface area contributed by atoms with Gasteiger partial charge in [-0.15, -0.1) is 0 Å². The van der Waals surface area contributed by atoms with Crippen LogP contribution in [0.4, 0.5) is 5.69 Å². The quantitative estimate of drug-likeness (QED) is 0.694. The summed E-state index contributed by atoms with van der Waals surface area (Å²) in [6.07, 6.45) is 8.56. The fourth-order valence-corrected chi connectivity index (χ4v) is 2.89. The molecule has 0 unspecified atom stereocenters. The van der Waals surface area contributed by atoms with Gasteiger partial charge in [0.25, 0.3) is 0 Å². The second kappa shape index (κ2) is 6.43. The van der Waals surface area contributed by atoms with E-state index in [2.05, 4.69) is 25.7 Å². The highest BCUT2D eigenvalue weighted by molar-refractivity contribution is 6.05. The fourth-order valence-electron chi connectivity index (χ4n) is 2.89. The van der Waals surface area contributed by atoms with Gasteiger partial charge >= 0.3 is 0 Å². The molecule has 1 N–H and O–H groups in total. The van der Waals surface area contributed by atoms with E-state index in [0.717, 1.165) is 50.2 Å². The van der Waals surface area contributed by atoms with Crippen LogP contribution in [0.3, 0.4) is 0 Å². The van der Waals surface area contributed by atoms with Gasteiger partial charge in [0.1, 0.15) is 0 Å². The minimum Gasteiger partial charge on any atom is -0.411 e. The van der Waals surface area contributed by atoms with Gasteiger partial charge in [0.05, 0.1) is 12.0 Å². The van der Waals surface area contributed by atoms with Crippen molar-refractivity contribution in [2.75, 3.05) is 18.0 Å². The predicted molar refractivity (Wildman–Crippen MR) is 83.1 cm³/mol. The summed E-state index contributed by atoms with van der Waals surface area (Å²) < 4.78 is 2.10. The van der Waals surface area contributed by atoms with Gasteiger partial charge in [-0.25, -0.2) is 4.98 Å². The first-order chi connectivity index (χ1) is 10.4. The smallest absolute Gasteiger partial charge is 0.0945 e. The van der Waals surface area contributed by atoms with Crippen LogP contribution in [-0.4, -0.2) is 33.6 Å². The number of oxime groups is 1. The summed E-state index contributed by atoms with van der Waals surface area (Å²) in [5.41, 5.74) is 3.02. The molecule has 1 aromatic heterocycles. The van der Waals surface area contributed by atoms with Crippen molar-refractivity contribution in [3.8, 4) is 0 Å². The van der Waals surface area contributed by atoms with Crippen LogP contribution >= 0.6 is 0 Å². The molecule has 0 aliphatic carbocycles. The van der Waals surface area contributed by atoms with Crippen LogP contribution in [0.15, 0.2) is 48.1 Å². The lowest BCUT2D eigenvalue weighted by Crippen LogP contribution is -2.26. The molecule has 2 heterocycles. The molecule has 0 saturated carbocycles. The Kier molecular flexibility index (Phi) is 4.19. The van der Waals surface area contributed by atoms with Crippen LogP contribution in [0.5, 0.6) is 0 Å². The number of aromatic nitrogens is 2. The number of anilines is 1. The zero-order valence-corrected chi connectivity index (χ0v) is 12.0. The van der Waals surface area contributed by atoms with Gasteiger partial charge in [-0.2, -0.15) is 0 Å². The molecule has 0 atom stereocenters. The van der Waals surface area contributed by atoms with Crippen molar-refractivity contribution in [3.63, 3.8) is 0 Å². The van der Waals surface area contributed by atoms with E-state index < -0.39 is 0 Å². The van der Waals surface area contributed by atoms with Crippen LogP contribution in [0.2, 0.25) is 0 Å². The monoisotopic (exact) mass is 284 g/mol. The average Bonchev–Trinajstić information content (AvgIpc) is 2.97. The number of para-hydroxylation sites is 1. The molecular formula is C16H20N4O. The zero-order valence-electron chi connectivity index (χ0n) is 12.0. The van der Waals surface area contributed by atoms with Crippen molar-refractivity contribution in [2.45, 2.75) is 25.8 Å². The normalized spacial score (nSPS) is 16.8. The Bertz CT molecular complexity index is 606. The third-order valence-corrected chi connectivity index (χ3v) is 3.92. The van der Waals surface area contributed by atoms with Gasteiger partial charge in [-0.3, -0.25) is 0 Å². The summed E-state index contributed by atoms with van der Waals surface area (Å²) in [5, 5.41) is 12.7. The summed E-state index contributed by atoms with van der Waals surface area (Å²) >= 11 is 0. The Balaban J connectivity index is 1.72. The molecule has 0 amide bonds. The number of rotatable bonds is 4. The van der Waals surface area contributed by atoms with Crippen LogP contribution in [0.1, 0.15) is 24.8 Å². The molecule has 0 spiro atoms. The van der Waals surface area contributed by atoms with E-state index >= 15 is 0 Å². The van der Waals surface area contributed by atoms with E-state index in [-0.39, 0.29) is 0 Å². The molecule has 5 nitrogen and oxygen atoms in total. The minimum absolute atomic E-state index is 0.794. The maximum atomic E-state index is 9.21. The molecule has 0 fully saturated rings. The first-order valence-electron chi connectivity index (χ1n) is 7.39. The SMILES string of the molecule is O/N=C1/CCCN(CCCn2ccnc2)c2ccccc21. The largest absolute Gasteiger partial charge is 0.411 e. The first-order valence-corrected chi connectivity index (χ1v) is 7.39. The number of imidazole rings is 1. The molecular weight excluding hydrogens is 264 g/mol. The summed E-state index contributed by atoms with van der Waals surface area (Å²) in [4.78, 5) is 6.46. The maximum Gasteiger partial charge on any atom is 0.0945 e. The van der Waals surface area contributed by atoms with E-state index in [1.807, 2.05) is 36.9 Å². The van der Waals surface area contributed by atoms with E-state index in [1.54, 1.807) is 0 Å². The fraction of sp³-hybridized carbons (Fsp3) is 0.375. The Labute approximate surface area is 124 Å². The van der Waals surface area contributed by atoms with Crippen molar-refractivity contribution >= 4 is 11.4 Å². The number of benzene rings is 1. The van der Waals surface area contributed by atoms with Crippen molar-refractivity contribution in [2.24, 2.45) is 5.16 Å². The van der Waals surface area contributed by atoms with Crippen LogP contribution < -0.4 is 4.90 Å². The van der Waals surface area contributed by atoms with Crippen molar-refractivity contribution in [1.29, 1.82) is 0 Å². The van der Waals surface area contributed by atoms with Gasteiger partial charge in [0.15, 0.2) is 0 Å². The number of fused-ring (bicyclic) bond motifs is 1. The summed E-state index contributed by atoms with van der Waals surface area (Å²) in [5.74, 6) is 0. The standard InChI is InChI=1S/C16H20N4O/c21-18-15-6-3-10-20(16-7-2-1-5-14(15)16)11-4-9-19-12-8-17-13-19/h1-2,5,7-8,12-13,21H,3-4,6,9-11H2/b18-15-. The lowest BCUT2D eigenvalue weighted by molar-refractivity contribution is 0.318. The summed E-state index contributed by atoms with van der Waals surface area (Å²) in [6, 6.07) is 8.20. The molecule has 2 aromatic rings. The van der Waals surface area contributed by atoms with Gasteiger partial charge in [-0.05, 0) is 25.3 Å². The number of hydrogen-bond acceptors (Lipinski definition) is 4.